The Labute approximate surface area is 123 Å². The molecule has 0 aromatic heterocycles. The van der Waals surface area contributed by atoms with Crippen LogP contribution in [-0.2, 0) is 0 Å². The maximum atomic E-state index is 2.47. The molecule has 0 saturated carbocycles. The zero-order valence-corrected chi connectivity index (χ0v) is 14.8. The van der Waals surface area contributed by atoms with Gasteiger partial charge in [0.1, 0.15) is 0 Å². The Balaban J connectivity index is 4.17. The molecule has 0 radical (unpaired) electrons. The molecule has 0 heterocycles. The normalized spacial score (nSPS) is 16.9. The van der Waals surface area contributed by atoms with E-state index in [1.165, 1.54) is 44.9 Å². The van der Waals surface area contributed by atoms with Crippen molar-refractivity contribution in [1.82, 2.24) is 0 Å². The predicted molar refractivity (Wildman–Crippen MR) is 89.5 cm³/mol. The number of rotatable bonds is 11. The van der Waals surface area contributed by atoms with Crippen LogP contribution in [0.25, 0.3) is 0 Å². The van der Waals surface area contributed by atoms with Crippen LogP contribution < -0.4 is 0 Å². The van der Waals surface area contributed by atoms with Crippen molar-refractivity contribution in [2.24, 2.45) is 29.6 Å². The van der Waals surface area contributed by atoms with E-state index in [9.17, 15) is 0 Å². The quantitative estimate of drug-likeness (QED) is 0.381. The van der Waals surface area contributed by atoms with Crippen molar-refractivity contribution in [3.8, 4) is 0 Å². The van der Waals surface area contributed by atoms with Crippen LogP contribution in [0.2, 0.25) is 0 Å². The van der Waals surface area contributed by atoms with Gasteiger partial charge in [-0.1, -0.05) is 80.6 Å². The molecular weight excluding hydrogens is 228 g/mol. The van der Waals surface area contributed by atoms with Gasteiger partial charge in [-0.3, -0.25) is 0 Å². The van der Waals surface area contributed by atoms with Crippen LogP contribution in [0.3, 0.4) is 0 Å². The zero-order chi connectivity index (χ0) is 14.8. The van der Waals surface area contributed by atoms with E-state index in [0.717, 1.165) is 29.6 Å². The summed E-state index contributed by atoms with van der Waals surface area (Å²) >= 11 is 0. The first-order chi connectivity index (χ1) is 8.86. The minimum absolute atomic E-state index is 0.843. The van der Waals surface area contributed by atoms with Gasteiger partial charge >= 0.3 is 0 Å². The summed E-state index contributed by atoms with van der Waals surface area (Å²) in [6, 6.07) is 0. The first-order valence-corrected chi connectivity index (χ1v) is 8.86. The van der Waals surface area contributed by atoms with Crippen molar-refractivity contribution in [3.05, 3.63) is 0 Å². The zero-order valence-electron chi connectivity index (χ0n) is 14.8. The lowest BCUT2D eigenvalue weighted by atomic mass is 9.80. The SMILES string of the molecule is CCCCC(CC(C)CCC(C)C)CC(C)C(C)C. The summed E-state index contributed by atoms with van der Waals surface area (Å²) in [4.78, 5) is 0. The standard InChI is InChI=1S/C19H40/c1-8-9-10-19(14-18(7)16(4)5)13-17(6)12-11-15(2)3/h15-19H,8-14H2,1-7H3. The second-order valence-corrected chi connectivity index (χ2v) is 7.78. The fourth-order valence-electron chi connectivity index (χ4n) is 2.93. The minimum Gasteiger partial charge on any atom is -0.0654 e. The van der Waals surface area contributed by atoms with Gasteiger partial charge in [-0.2, -0.15) is 0 Å². The molecule has 0 aliphatic carbocycles. The highest BCUT2D eigenvalue weighted by Gasteiger charge is 2.18. The summed E-state index contributed by atoms with van der Waals surface area (Å²) in [5.41, 5.74) is 0. The summed E-state index contributed by atoms with van der Waals surface area (Å²) in [6.45, 7) is 16.7. The fourth-order valence-corrected chi connectivity index (χ4v) is 2.93. The van der Waals surface area contributed by atoms with Crippen LogP contribution in [0, 0.1) is 29.6 Å². The molecule has 0 N–H and O–H groups in total. The van der Waals surface area contributed by atoms with E-state index >= 15 is 0 Å². The molecule has 116 valence electrons. The lowest BCUT2D eigenvalue weighted by Gasteiger charge is -2.26. The third kappa shape index (κ3) is 10.4. The Kier molecular flexibility index (Phi) is 10.7. The molecule has 0 amide bonds. The highest BCUT2D eigenvalue weighted by atomic mass is 14.2. The van der Waals surface area contributed by atoms with Crippen LogP contribution in [0.5, 0.6) is 0 Å². The lowest BCUT2D eigenvalue weighted by Crippen LogP contribution is -2.14. The largest absolute Gasteiger partial charge is 0.0654 e. The summed E-state index contributed by atoms with van der Waals surface area (Å²) in [7, 11) is 0. The molecule has 3 atom stereocenters. The van der Waals surface area contributed by atoms with E-state index < -0.39 is 0 Å². The summed E-state index contributed by atoms with van der Waals surface area (Å²) < 4.78 is 0. The highest BCUT2D eigenvalue weighted by Crippen LogP contribution is 2.30. The Morgan fingerprint density at radius 1 is 0.737 bits per heavy atom. The van der Waals surface area contributed by atoms with Crippen LogP contribution in [0.4, 0.5) is 0 Å². The molecule has 0 aromatic rings. The van der Waals surface area contributed by atoms with Gasteiger partial charge in [0.05, 0.1) is 0 Å². The minimum atomic E-state index is 0.843. The Bertz CT molecular complexity index is 192. The molecule has 0 aliphatic rings. The fraction of sp³-hybridized carbons (Fsp3) is 1.00. The molecule has 0 aliphatic heterocycles. The third-order valence-electron chi connectivity index (χ3n) is 4.78. The van der Waals surface area contributed by atoms with E-state index in [-0.39, 0.29) is 0 Å². The molecule has 0 saturated heterocycles. The van der Waals surface area contributed by atoms with Crippen molar-refractivity contribution in [2.45, 2.75) is 93.4 Å². The van der Waals surface area contributed by atoms with E-state index in [4.69, 9.17) is 0 Å². The molecule has 0 spiro atoms. The molecule has 0 heteroatoms. The predicted octanol–water partition coefficient (Wildman–Crippen LogP) is 6.94. The second-order valence-electron chi connectivity index (χ2n) is 7.78. The van der Waals surface area contributed by atoms with Gasteiger partial charge in [0.25, 0.3) is 0 Å². The van der Waals surface area contributed by atoms with Crippen LogP contribution in [0.1, 0.15) is 93.4 Å². The number of hydrogen-bond donors (Lipinski definition) is 0. The van der Waals surface area contributed by atoms with Crippen molar-refractivity contribution < 1.29 is 0 Å². The van der Waals surface area contributed by atoms with E-state index in [0.29, 0.717) is 0 Å². The Morgan fingerprint density at radius 2 is 1.37 bits per heavy atom. The molecule has 0 rings (SSSR count). The van der Waals surface area contributed by atoms with Gasteiger partial charge < -0.3 is 0 Å². The molecule has 0 bridgehead atoms. The summed E-state index contributed by atoms with van der Waals surface area (Å²) in [5, 5.41) is 0. The molecule has 19 heavy (non-hydrogen) atoms. The molecule has 3 unspecified atom stereocenters. The molecule has 0 aromatic carbocycles. The maximum absolute atomic E-state index is 2.47. The van der Waals surface area contributed by atoms with Gasteiger partial charge in [0.15, 0.2) is 0 Å². The van der Waals surface area contributed by atoms with Crippen molar-refractivity contribution in [2.75, 3.05) is 0 Å². The number of hydrogen-bond acceptors (Lipinski definition) is 0. The summed E-state index contributed by atoms with van der Waals surface area (Å²) in [5.74, 6) is 4.49. The van der Waals surface area contributed by atoms with Gasteiger partial charge in [-0.15, -0.1) is 0 Å². The molecular formula is C19H40. The van der Waals surface area contributed by atoms with Gasteiger partial charge in [0, 0.05) is 0 Å². The molecule has 0 nitrogen and oxygen atoms in total. The first-order valence-electron chi connectivity index (χ1n) is 8.86. The third-order valence-corrected chi connectivity index (χ3v) is 4.78. The van der Waals surface area contributed by atoms with E-state index in [1.807, 2.05) is 0 Å². The average molecular weight is 269 g/mol. The highest BCUT2D eigenvalue weighted by molar-refractivity contribution is 4.69. The Morgan fingerprint density at radius 3 is 1.84 bits per heavy atom. The lowest BCUT2D eigenvalue weighted by molar-refractivity contribution is 0.255. The van der Waals surface area contributed by atoms with Gasteiger partial charge in [-0.25, -0.2) is 0 Å². The van der Waals surface area contributed by atoms with E-state index in [1.54, 1.807) is 0 Å². The van der Waals surface area contributed by atoms with Crippen LogP contribution in [0.15, 0.2) is 0 Å². The smallest absolute Gasteiger partial charge is 0.0409 e. The van der Waals surface area contributed by atoms with E-state index in [2.05, 4.69) is 48.5 Å². The Hall–Kier alpha value is 0. The van der Waals surface area contributed by atoms with Crippen molar-refractivity contribution in [3.63, 3.8) is 0 Å². The second kappa shape index (κ2) is 10.7. The number of unbranched alkanes of at least 4 members (excludes halogenated alkanes) is 1. The first kappa shape index (κ1) is 19.0. The summed E-state index contributed by atoms with van der Waals surface area (Å²) in [6.07, 6.45) is 9.98. The van der Waals surface area contributed by atoms with Crippen LogP contribution >= 0.6 is 0 Å². The van der Waals surface area contributed by atoms with Crippen LogP contribution in [-0.4, -0.2) is 0 Å². The van der Waals surface area contributed by atoms with Gasteiger partial charge in [-0.05, 0) is 42.4 Å². The monoisotopic (exact) mass is 268 g/mol. The van der Waals surface area contributed by atoms with Crippen molar-refractivity contribution in [1.29, 1.82) is 0 Å². The van der Waals surface area contributed by atoms with Crippen molar-refractivity contribution >= 4 is 0 Å². The van der Waals surface area contributed by atoms with Gasteiger partial charge in [0.2, 0.25) is 0 Å². The average Bonchev–Trinajstić information content (AvgIpc) is 2.33. The topological polar surface area (TPSA) is 0 Å². The molecule has 0 fully saturated rings. The maximum Gasteiger partial charge on any atom is -0.0409 e.